The van der Waals surface area contributed by atoms with Crippen molar-refractivity contribution in [1.82, 2.24) is 0 Å². The fourth-order valence-electron chi connectivity index (χ4n) is 2.62. The van der Waals surface area contributed by atoms with Crippen LogP contribution in [-0.2, 0) is 15.8 Å². The molecule has 0 saturated carbocycles. The van der Waals surface area contributed by atoms with Gasteiger partial charge in [-0.2, -0.15) is 13.2 Å². The number of carbonyl (C=O) groups is 2. The summed E-state index contributed by atoms with van der Waals surface area (Å²) in [4.78, 5) is 23.5. The Kier molecular flexibility index (Phi) is 4.89. The zero-order valence-corrected chi connectivity index (χ0v) is 14.2. The van der Waals surface area contributed by atoms with Crippen molar-refractivity contribution in [3.63, 3.8) is 0 Å². The van der Waals surface area contributed by atoms with E-state index < -0.39 is 29.2 Å². The molecular formula is C19H15F3N2O3. The average molecular weight is 376 g/mol. The Balaban J connectivity index is 1.88. The summed E-state index contributed by atoms with van der Waals surface area (Å²) in [5.41, 5.74) is -0.595. The van der Waals surface area contributed by atoms with Crippen molar-refractivity contribution in [2.24, 2.45) is 0 Å². The lowest BCUT2D eigenvalue weighted by Gasteiger charge is -2.19. The maximum Gasteiger partial charge on any atom is 0.418 e. The number of ether oxygens (including phenoxy) is 1. The maximum atomic E-state index is 13.4. The van der Waals surface area contributed by atoms with E-state index in [1.165, 1.54) is 13.0 Å². The monoisotopic (exact) mass is 376 g/mol. The third-order valence-electron chi connectivity index (χ3n) is 3.82. The van der Waals surface area contributed by atoms with E-state index in [4.69, 9.17) is 4.74 Å². The first-order valence-electron chi connectivity index (χ1n) is 7.96. The van der Waals surface area contributed by atoms with Gasteiger partial charge in [-0.25, -0.2) is 0 Å². The summed E-state index contributed by atoms with van der Waals surface area (Å²) >= 11 is 0. The summed E-state index contributed by atoms with van der Waals surface area (Å²) in [6.45, 7) is 1.14. The minimum atomic E-state index is -4.71. The smallest absolute Gasteiger partial charge is 0.418 e. The summed E-state index contributed by atoms with van der Waals surface area (Å²) < 4.78 is 45.5. The Bertz CT molecular complexity index is 936. The highest BCUT2D eigenvalue weighted by Crippen LogP contribution is 2.37. The minimum Gasteiger partial charge on any atom is -0.488 e. The van der Waals surface area contributed by atoms with Gasteiger partial charge in [0.05, 0.1) is 16.8 Å². The number of hydrogen-bond acceptors (Lipinski definition) is 3. The maximum absolute atomic E-state index is 13.4. The van der Waals surface area contributed by atoms with Gasteiger partial charge >= 0.3 is 6.18 Å². The molecular weight excluding hydrogens is 361 g/mol. The number of halogens is 3. The molecule has 0 spiro atoms. The third-order valence-corrected chi connectivity index (χ3v) is 3.82. The first kappa shape index (κ1) is 18.5. The highest BCUT2D eigenvalue weighted by molar-refractivity contribution is 6.08. The molecule has 0 saturated heterocycles. The molecule has 27 heavy (non-hydrogen) atoms. The molecule has 5 nitrogen and oxygen atoms in total. The van der Waals surface area contributed by atoms with Gasteiger partial charge in [-0.3, -0.25) is 9.59 Å². The molecule has 3 rings (SSSR count). The molecule has 2 N–H and O–H groups in total. The number of alkyl halides is 3. The number of anilines is 2. The molecule has 2 aromatic carbocycles. The number of para-hydroxylation sites is 1. The van der Waals surface area contributed by atoms with Gasteiger partial charge in [-0.05, 0) is 30.3 Å². The van der Waals surface area contributed by atoms with Gasteiger partial charge in [-0.15, -0.1) is 0 Å². The van der Waals surface area contributed by atoms with Gasteiger partial charge in [0.15, 0.2) is 0 Å². The van der Waals surface area contributed by atoms with Gasteiger partial charge in [0.1, 0.15) is 12.4 Å². The lowest BCUT2D eigenvalue weighted by molar-refractivity contribution is -0.137. The molecule has 2 aromatic rings. The summed E-state index contributed by atoms with van der Waals surface area (Å²) in [5.74, 6) is -0.588. The van der Waals surface area contributed by atoms with Crippen LogP contribution in [0.4, 0.5) is 24.5 Å². The van der Waals surface area contributed by atoms with Crippen LogP contribution >= 0.6 is 0 Å². The van der Waals surface area contributed by atoms with Crippen molar-refractivity contribution in [3.8, 4) is 5.75 Å². The van der Waals surface area contributed by atoms with Gasteiger partial charge < -0.3 is 15.4 Å². The number of hydrogen-bond donors (Lipinski definition) is 2. The summed E-state index contributed by atoms with van der Waals surface area (Å²) in [6, 6.07) is 10.2. The fourth-order valence-corrected chi connectivity index (χ4v) is 2.62. The number of fused-ring (bicyclic) bond motifs is 1. The average Bonchev–Trinajstić information content (AvgIpc) is 2.61. The Hall–Kier alpha value is -3.29. The van der Waals surface area contributed by atoms with Crippen molar-refractivity contribution in [3.05, 3.63) is 59.2 Å². The van der Waals surface area contributed by atoms with Crippen LogP contribution in [0.5, 0.6) is 5.75 Å². The summed E-state index contributed by atoms with van der Waals surface area (Å²) in [5, 5.41) is 4.57. The Morgan fingerprint density at radius 1 is 1.07 bits per heavy atom. The Morgan fingerprint density at radius 2 is 1.81 bits per heavy atom. The van der Waals surface area contributed by atoms with Gasteiger partial charge in [0.2, 0.25) is 5.91 Å². The van der Waals surface area contributed by atoms with Crippen LogP contribution in [0.3, 0.4) is 0 Å². The molecule has 140 valence electrons. The minimum absolute atomic E-state index is 0.0121. The second-order valence-corrected chi connectivity index (χ2v) is 5.89. The SMILES string of the molecule is CC(=O)Nc1ccc(NC(=O)C2=Cc3ccccc3OC2)c(C(F)(F)F)c1. The standard InChI is InChI=1S/C19H15F3N2O3/c1-11(25)23-14-6-7-16(15(9-14)19(20,21)22)24-18(26)13-8-12-4-2-3-5-17(12)27-10-13/h2-9H,10H2,1H3,(H,23,25)(H,24,26). The molecule has 0 bridgehead atoms. The molecule has 0 radical (unpaired) electrons. The summed E-state index contributed by atoms with van der Waals surface area (Å²) in [6.07, 6.45) is -3.13. The predicted molar refractivity (Wildman–Crippen MR) is 94.3 cm³/mol. The highest BCUT2D eigenvalue weighted by atomic mass is 19.4. The molecule has 0 aromatic heterocycles. The zero-order valence-electron chi connectivity index (χ0n) is 14.2. The molecule has 1 aliphatic heterocycles. The molecule has 1 aliphatic rings. The lowest BCUT2D eigenvalue weighted by Crippen LogP contribution is -2.23. The number of rotatable bonds is 3. The number of amides is 2. The molecule has 0 atom stereocenters. The van der Waals surface area contributed by atoms with Crippen LogP contribution < -0.4 is 15.4 Å². The van der Waals surface area contributed by atoms with Crippen molar-refractivity contribution < 1.29 is 27.5 Å². The van der Waals surface area contributed by atoms with Crippen molar-refractivity contribution in [2.45, 2.75) is 13.1 Å². The fraction of sp³-hybridized carbons (Fsp3) is 0.158. The molecule has 8 heteroatoms. The van der Waals surface area contributed by atoms with Crippen LogP contribution in [0, 0.1) is 0 Å². The Labute approximate surface area is 152 Å². The molecule has 0 aliphatic carbocycles. The number of nitrogens with one attached hydrogen (secondary N) is 2. The topological polar surface area (TPSA) is 67.4 Å². The van der Waals surface area contributed by atoms with Gasteiger partial charge in [0.25, 0.3) is 5.91 Å². The highest BCUT2D eigenvalue weighted by Gasteiger charge is 2.34. The van der Waals surface area contributed by atoms with Gasteiger partial charge in [0, 0.05) is 18.2 Å². The van der Waals surface area contributed by atoms with Crippen LogP contribution in [0.25, 0.3) is 6.08 Å². The predicted octanol–water partition coefficient (Wildman–Crippen LogP) is 4.08. The van der Waals surface area contributed by atoms with Crippen LogP contribution in [0.15, 0.2) is 48.0 Å². The van der Waals surface area contributed by atoms with Gasteiger partial charge in [-0.1, -0.05) is 18.2 Å². The second-order valence-electron chi connectivity index (χ2n) is 5.89. The van der Waals surface area contributed by atoms with Crippen molar-refractivity contribution in [1.29, 1.82) is 0 Å². The zero-order chi connectivity index (χ0) is 19.6. The van der Waals surface area contributed by atoms with E-state index in [9.17, 15) is 22.8 Å². The first-order valence-corrected chi connectivity index (χ1v) is 7.96. The quantitative estimate of drug-likeness (QED) is 0.848. The molecule has 2 amide bonds. The largest absolute Gasteiger partial charge is 0.488 e. The normalized spacial score (nSPS) is 13.1. The van der Waals surface area contributed by atoms with Crippen LogP contribution in [-0.4, -0.2) is 18.4 Å². The molecule has 1 heterocycles. The number of benzene rings is 2. The van der Waals surface area contributed by atoms with E-state index in [0.29, 0.717) is 11.3 Å². The van der Waals surface area contributed by atoms with E-state index in [1.54, 1.807) is 30.3 Å². The molecule has 0 fully saturated rings. The Morgan fingerprint density at radius 3 is 2.52 bits per heavy atom. The summed E-state index contributed by atoms with van der Waals surface area (Å²) in [7, 11) is 0. The first-order chi connectivity index (χ1) is 12.7. The van der Waals surface area contributed by atoms with Crippen LogP contribution in [0.1, 0.15) is 18.1 Å². The third kappa shape index (κ3) is 4.28. The van der Waals surface area contributed by atoms with Crippen molar-refractivity contribution >= 4 is 29.3 Å². The lowest BCUT2D eigenvalue weighted by atomic mass is 10.1. The van der Waals surface area contributed by atoms with E-state index >= 15 is 0 Å². The van der Waals surface area contributed by atoms with E-state index in [0.717, 1.165) is 12.1 Å². The van der Waals surface area contributed by atoms with Crippen molar-refractivity contribution in [2.75, 3.05) is 17.2 Å². The molecule has 0 unspecified atom stereocenters. The van der Waals surface area contributed by atoms with E-state index in [-0.39, 0.29) is 17.9 Å². The van der Waals surface area contributed by atoms with Crippen LogP contribution in [0.2, 0.25) is 0 Å². The van der Waals surface area contributed by atoms with E-state index in [1.807, 2.05) is 0 Å². The second kappa shape index (κ2) is 7.14. The number of carbonyl (C=O) groups excluding carboxylic acids is 2. The van der Waals surface area contributed by atoms with E-state index in [2.05, 4.69) is 10.6 Å².